The molecular weight excluding hydrogens is 837 g/mol. The number of rotatable bonds is 22. The molecule has 5 nitrogen and oxygen atoms in total. The minimum Gasteiger partial charge on any atom is -0.413 e. The number of aliphatic hydroxyl groups is 1. The van der Waals surface area contributed by atoms with Crippen LogP contribution in [0.1, 0.15) is 126 Å². The maximum absolute atomic E-state index is 12.3. The molecule has 8 atom stereocenters. The van der Waals surface area contributed by atoms with Crippen LogP contribution in [0.25, 0.3) is 0 Å². The van der Waals surface area contributed by atoms with Crippen LogP contribution in [0.5, 0.6) is 0 Å². The highest BCUT2D eigenvalue weighted by atomic mass is 28.4. The first-order valence-electron chi connectivity index (χ1n) is 24.3. The van der Waals surface area contributed by atoms with Gasteiger partial charge < -0.3 is 23.1 Å². The summed E-state index contributed by atoms with van der Waals surface area (Å²) < 4.78 is 29.2. The zero-order chi connectivity index (χ0) is 48.5. The molecule has 0 aromatic heterocycles. The lowest BCUT2D eigenvalue weighted by atomic mass is 9.79. The summed E-state index contributed by atoms with van der Waals surface area (Å²) in [4.78, 5) is 0. The SMILES string of the molecule is CC=C[C@@H](C)[C@H](C[C@@H](C=C[C@H](C)[C@H](O[Si](C)(C)C(C)(C)C)[C@@H](C)C[C@@H](C)C(O)OC(c1ccccc1)(c1ccccc1)c1ccccc1)O[Si](C)(C)C(C)(C)C)O[Si](C)(C)C(C)(C)C. The Balaban J connectivity index is 2.08. The van der Waals surface area contributed by atoms with Crippen LogP contribution < -0.4 is 0 Å². The van der Waals surface area contributed by atoms with Crippen molar-refractivity contribution in [2.75, 3.05) is 0 Å². The van der Waals surface area contributed by atoms with Crippen LogP contribution in [0.4, 0.5) is 0 Å². The molecule has 0 heterocycles. The van der Waals surface area contributed by atoms with E-state index in [9.17, 15) is 5.11 Å². The summed E-state index contributed by atoms with van der Waals surface area (Å²) in [5.41, 5.74) is 1.88. The number of ether oxygens (including phenoxy) is 1. The number of hydrogen-bond acceptors (Lipinski definition) is 5. The summed E-state index contributed by atoms with van der Waals surface area (Å²) in [6.45, 7) is 46.2. The summed E-state index contributed by atoms with van der Waals surface area (Å²) in [7, 11) is -6.50. The maximum Gasteiger partial charge on any atom is 0.192 e. The monoisotopic (exact) mass is 929 g/mol. The predicted molar refractivity (Wildman–Crippen MR) is 282 cm³/mol. The maximum atomic E-state index is 12.3. The van der Waals surface area contributed by atoms with E-state index in [1.165, 1.54) is 0 Å². The minimum atomic E-state index is -2.23. The predicted octanol–water partition coefficient (Wildman–Crippen LogP) is 15.9. The molecule has 358 valence electrons. The first-order valence-corrected chi connectivity index (χ1v) is 33.0. The first-order chi connectivity index (χ1) is 29.4. The summed E-state index contributed by atoms with van der Waals surface area (Å²) in [6, 6.07) is 30.9. The molecule has 64 heavy (non-hydrogen) atoms. The molecule has 0 aliphatic rings. The largest absolute Gasteiger partial charge is 0.413 e. The average Bonchev–Trinajstić information content (AvgIpc) is 3.20. The van der Waals surface area contributed by atoms with E-state index in [0.29, 0.717) is 6.42 Å². The minimum absolute atomic E-state index is 0.0159. The van der Waals surface area contributed by atoms with Crippen molar-refractivity contribution >= 4 is 25.0 Å². The second-order valence-corrected chi connectivity index (χ2v) is 37.8. The Kier molecular flexibility index (Phi) is 19.7. The molecule has 0 saturated heterocycles. The molecule has 0 amide bonds. The van der Waals surface area contributed by atoms with Crippen molar-refractivity contribution in [3.63, 3.8) is 0 Å². The van der Waals surface area contributed by atoms with Crippen molar-refractivity contribution in [3.8, 4) is 0 Å². The zero-order valence-corrected chi connectivity index (χ0v) is 47.1. The number of aliphatic hydroxyl groups excluding tert-OH is 1. The van der Waals surface area contributed by atoms with Gasteiger partial charge >= 0.3 is 0 Å². The van der Waals surface area contributed by atoms with E-state index >= 15 is 0 Å². The third kappa shape index (κ3) is 14.5. The highest BCUT2D eigenvalue weighted by Gasteiger charge is 2.45. The van der Waals surface area contributed by atoms with E-state index in [1.54, 1.807) is 0 Å². The molecule has 0 spiro atoms. The van der Waals surface area contributed by atoms with Crippen LogP contribution in [0.15, 0.2) is 115 Å². The van der Waals surface area contributed by atoms with Crippen LogP contribution in [-0.2, 0) is 23.6 Å². The van der Waals surface area contributed by atoms with Crippen LogP contribution >= 0.6 is 0 Å². The smallest absolute Gasteiger partial charge is 0.192 e. The van der Waals surface area contributed by atoms with Gasteiger partial charge in [-0.05, 0) is 102 Å². The fourth-order valence-electron chi connectivity index (χ4n) is 7.83. The topological polar surface area (TPSA) is 57.2 Å². The summed E-state index contributed by atoms with van der Waals surface area (Å²) in [6.07, 6.45) is 9.40. The van der Waals surface area contributed by atoms with E-state index < -0.39 is 36.8 Å². The van der Waals surface area contributed by atoms with Gasteiger partial charge in [-0.1, -0.05) is 205 Å². The van der Waals surface area contributed by atoms with Gasteiger partial charge in [0.2, 0.25) is 0 Å². The fourth-order valence-corrected chi connectivity index (χ4v) is 12.0. The molecule has 1 unspecified atom stereocenters. The molecule has 0 aliphatic carbocycles. The summed E-state index contributed by atoms with van der Waals surface area (Å²) in [5.74, 6) is 0.211. The van der Waals surface area contributed by atoms with Gasteiger partial charge in [-0.2, -0.15) is 0 Å². The van der Waals surface area contributed by atoms with Crippen molar-refractivity contribution in [1.82, 2.24) is 0 Å². The molecule has 1 N–H and O–H groups in total. The Morgan fingerprint density at radius 1 is 0.500 bits per heavy atom. The van der Waals surface area contributed by atoms with Crippen LogP contribution in [0.3, 0.4) is 0 Å². The van der Waals surface area contributed by atoms with Gasteiger partial charge in [0.05, 0.1) is 18.3 Å². The molecule has 0 radical (unpaired) electrons. The summed E-state index contributed by atoms with van der Waals surface area (Å²) in [5, 5.41) is 12.5. The van der Waals surface area contributed by atoms with Crippen LogP contribution in [-0.4, -0.2) is 54.7 Å². The molecule has 3 rings (SSSR count). The van der Waals surface area contributed by atoms with Gasteiger partial charge in [-0.3, -0.25) is 0 Å². The standard InChI is InChI=1S/C56H92O5Si3/c1-21-31-42(2)50(60-63(17,18)54(9,10)11)41-49(59-62(15,16)53(6,7)8)39-38-43(3)51(61-64(19,20)55(12,13)14)44(4)40-45(5)52(57)58-56(46-32-25-22-26-33-46,47-34-27-23-28-35-47)48-36-29-24-30-37-48/h21-39,42-45,49-52,57H,40-41H2,1-20H3/t42-,43+,44+,45-,49-,50+,51+,52?/m1/s1. The van der Waals surface area contributed by atoms with Gasteiger partial charge in [0, 0.05) is 12.3 Å². The lowest BCUT2D eigenvalue weighted by Crippen LogP contribution is -2.48. The Labute approximate surface area is 396 Å². The molecular formula is C56H92O5Si3. The van der Waals surface area contributed by atoms with Gasteiger partial charge in [-0.25, -0.2) is 0 Å². The molecule has 3 aromatic rings. The number of benzene rings is 3. The van der Waals surface area contributed by atoms with Crippen LogP contribution in [0.2, 0.25) is 54.4 Å². The van der Waals surface area contributed by atoms with Gasteiger partial charge in [0.25, 0.3) is 0 Å². The lowest BCUT2D eigenvalue weighted by Gasteiger charge is -2.44. The molecule has 8 heteroatoms. The van der Waals surface area contributed by atoms with E-state index in [2.05, 4.69) is 197 Å². The van der Waals surface area contributed by atoms with Gasteiger partial charge in [-0.15, -0.1) is 0 Å². The van der Waals surface area contributed by atoms with E-state index in [4.69, 9.17) is 18.0 Å². The van der Waals surface area contributed by atoms with Crippen LogP contribution in [0, 0.1) is 23.7 Å². The third-order valence-electron chi connectivity index (χ3n) is 15.1. The van der Waals surface area contributed by atoms with E-state index in [-0.39, 0.29) is 57.1 Å². The van der Waals surface area contributed by atoms with E-state index in [0.717, 1.165) is 23.1 Å². The number of allylic oxidation sites excluding steroid dienone is 1. The van der Waals surface area contributed by atoms with Crippen molar-refractivity contribution in [2.45, 2.75) is 194 Å². The van der Waals surface area contributed by atoms with Crippen molar-refractivity contribution in [3.05, 3.63) is 132 Å². The van der Waals surface area contributed by atoms with E-state index in [1.807, 2.05) is 54.6 Å². The molecule has 0 aliphatic heterocycles. The second kappa shape index (κ2) is 22.6. The second-order valence-electron chi connectivity index (χ2n) is 23.5. The van der Waals surface area contributed by atoms with Gasteiger partial charge in [0.15, 0.2) is 31.2 Å². The molecule has 0 saturated carbocycles. The fraction of sp³-hybridized carbons (Fsp3) is 0.607. The zero-order valence-electron chi connectivity index (χ0n) is 44.1. The van der Waals surface area contributed by atoms with Crippen molar-refractivity contribution in [2.24, 2.45) is 23.7 Å². The van der Waals surface area contributed by atoms with Crippen molar-refractivity contribution < 1.29 is 23.1 Å². The Bertz CT molecular complexity index is 1780. The number of hydrogen-bond donors (Lipinski definition) is 1. The lowest BCUT2D eigenvalue weighted by molar-refractivity contribution is -0.187. The Morgan fingerprint density at radius 3 is 1.28 bits per heavy atom. The normalized spacial score (nSPS) is 17.8. The first kappa shape index (κ1) is 55.9. The molecule has 0 bridgehead atoms. The van der Waals surface area contributed by atoms with Gasteiger partial charge in [0.1, 0.15) is 5.60 Å². The highest BCUT2D eigenvalue weighted by Crippen LogP contribution is 2.45. The quantitative estimate of drug-likeness (QED) is 0.0471. The Morgan fingerprint density at radius 2 is 0.891 bits per heavy atom. The highest BCUT2D eigenvalue weighted by molar-refractivity contribution is 6.75. The molecule has 3 aromatic carbocycles. The molecule has 0 fully saturated rings. The third-order valence-corrected chi connectivity index (χ3v) is 28.5. The van der Waals surface area contributed by atoms with Crippen molar-refractivity contribution in [1.29, 1.82) is 0 Å². The summed E-state index contributed by atoms with van der Waals surface area (Å²) >= 11 is 0. The average molecular weight is 930 g/mol. The Hall–Kier alpha value is -2.41.